The Hall–Kier alpha value is -1.03. The van der Waals surface area contributed by atoms with Gasteiger partial charge >= 0.3 is 0 Å². The number of nitrogens with zero attached hydrogens (tertiary/aromatic N) is 3. The minimum Gasteiger partial charge on any atom is -0.294 e. The normalized spacial score (nSPS) is 10.9. The molecule has 0 saturated carbocycles. The Bertz CT molecular complexity index is 325. The molecule has 1 rings (SSSR count). The van der Waals surface area contributed by atoms with E-state index >= 15 is 0 Å². The molecule has 3 nitrogen and oxygen atoms in total. The summed E-state index contributed by atoms with van der Waals surface area (Å²) in [5.41, 5.74) is 0.883. The minimum atomic E-state index is 0.759. The summed E-state index contributed by atoms with van der Waals surface area (Å²) in [6, 6.07) is 0. The van der Waals surface area contributed by atoms with Crippen molar-refractivity contribution in [1.29, 1.82) is 0 Å². The molecule has 0 saturated heterocycles. The predicted octanol–water partition coefficient (Wildman–Crippen LogP) is 1.63. The predicted molar refractivity (Wildman–Crippen MR) is 54.1 cm³/mol. The van der Waals surface area contributed by atoms with Crippen LogP contribution in [0.25, 0.3) is 6.20 Å². The van der Waals surface area contributed by atoms with Gasteiger partial charge in [0.05, 0.1) is 16.9 Å². The lowest BCUT2D eigenvalue weighted by atomic mass is 10.6. The fraction of sp³-hybridized carbons (Fsp3) is 0.250. The van der Waals surface area contributed by atoms with Gasteiger partial charge in [-0.05, 0) is 6.92 Å². The van der Waals surface area contributed by atoms with E-state index in [0.29, 0.717) is 0 Å². The maximum atomic E-state index is 4.27. The number of imidazole rings is 1. The maximum Gasteiger partial charge on any atom is 0.155 e. The molecule has 0 aliphatic carbocycles. The van der Waals surface area contributed by atoms with E-state index in [1.165, 1.54) is 0 Å². The molecule has 0 radical (unpaired) electrons. The number of aryl methyl sites for hydroxylation is 1. The largest absolute Gasteiger partial charge is 0.294 e. The van der Waals surface area contributed by atoms with E-state index in [-0.39, 0.29) is 0 Å². The van der Waals surface area contributed by atoms with Crippen LogP contribution in [-0.4, -0.2) is 22.8 Å². The Morgan fingerprint density at radius 3 is 2.83 bits per heavy atom. The van der Waals surface area contributed by atoms with E-state index in [1.807, 2.05) is 6.92 Å². The second kappa shape index (κ2) is 3.58. The first kappa shape index (κ1) is 9.06. The molecule has 0 amide bonds. The fourth-order valence-corrected chi connectivity index (χ4v) is 1.18. The molecule has 4 heteroatoms. The molecule has 0 aliphatic heterocycles. The molecule has 0 atom stereocenters. The molecule has 0 bridgehead atoms. The lowest BCUT2D eigenvalue weighted by Gasteiger charge is -1.96. The first-order chi connectivity index (χ1) is 5.70. The van der Waals surface area contributed by atoms with Crippen LogP contribution in [0, 0.1) is 6.92 Å². The van der Waals surface area contributed by atoms with Crippen molar-refractivity contribution in [1.82, 2.24) is 9.55 Å². The molecule has 12 heavy (non-hydrogen) atoms. The van der Waals surface area contributed by atoms with E-state index in [0.717, 1.165) is 16.5 Å². The number of thiol groups is 1. The molecule has 1 heterocycles. The third kappa shape index (κ3) is 1.43. The zero-order valence-electron chi connectivity index (χ0n) is 7.15. The van der Waals surface area contributed by atoms with Crippen molar-refractivity contribution in [3.05, 3.63) is 18.1 Å². The number of rotatable bonds is 2. The highest BCUT2D eigenvalue weighted by Crippen LogP contribution is 2.14. The maximum absolute atomic E-state index is 4.27. The number of hydrogen-bond donors (Lipinski definition) is 1. The Balaban J connectivity index is 3.28. The summed E-state index contributed by atoms with van der Waals surface area (Å²) in [6.07, 6.45) is 3.34. The molecule has 0 unspecified atom stereocenters. The molecule has 0 fully saturated rings. The van der Waals surface area contributed by atoms with Gasteiger partial charge in [-0.15, -0.1) is 12.6 Å². The highest BCUT2D eigenvalue weighted by Gasteiger charge is 2.06. The SMILES string of the molecule is C=Cn1c(C=NC)nc(C)c1S. The van der Waals surface area contributed by atoms with Crippen LogP contribution >= 0.6 is 12.6 Å². The van der Waals surface area contributed by atoms with Crippen molar-refractivity contribution in [3.8, 4) is 0 Å². The van der Waals surface area contributed by atoms with Crippen LogP contribution in [0.15, 0.2) is 16.6 Å². The monoisotopic (exact) mass is 181 g/mol. The molecular formula is C8H11N3S. The Labute approximate surface area is 77.3 Å². The first-order valence-electron chi connectivity index (χ1n) is 3.53. The summed E-state index contributed by atoms with van der Waals surface area (Å²) in [5.74, 6) is 0.759. The lowest BCUT2D eigenvalue weighted by Crippen LogP contribution is -1.94. The average molecular weight is 181 g/mol. The van der Waals surface area contributed by atoms with Crippen molar-refractivity contribution in [3.63, 3.8) is 0 Å². The van der Waals surface area contributed by atoms with Gasteiger partial charge in [0.25, 0.3) is 0 Å². The molecule has 0 spiro atoms. The van der Waals surface area contributed by atoms with Crippen LogP contribution in [0.2, 0.25) is 0 Å². The molecular weight excluding hydrogens is 170 g/mol. The summed E-state index contributed by atoms with van der Waals surface area (Å²) in [5, 5.41) is 0.805. The van der Waals surface area contributed by atoms with Crippen LogP contribution in [0.3, 0.4) is 0 Å². The van der Waals surface area contributed by atoms with E-state index in [1.54, 1.807) is 24.0 Å². The van der Waals surface area contributed by atoms with Gasteiger partial charge in [0.15, 0.2) is 5.82 Å². The molecule has 0 aromatic carbocycles. The van der Waals surface area contributed by atoms with Crippen LogP contribution < -0.4 is 0 Å². The zero-order chi connectivity index (χ0) is 9.14. The van der Waals surface area contributed by atoms with Crippen molar-refractivity contribution < 1.29 is 0 Å². The molecule has 0 N–H and O–H groups in total. The van der Waals surface area contributed by atoms with Gasteiger partial charge in [0.2, 0.25) is 0 Å². The minimum absolute atomic E-state index is 0.759. The van der Waals surface area contributed by atoms with Crippen LogP contribution in [0.5, 0.6) is 0 Å². The van der Waals surface area contributed by atoms with E-state index in [4.69, 9.17) is 0 Å². The smallest absolute Gasteiger partial charge is 0.155 e. The third-order valence-electron chi connectivity index (χ3n) is 1.51. The topological polar surface area (TPSA) is 30.2 Å². The summed E-state index contributed by atoms with van der Waals surface area (Å²) in [4.78, 5) is 8.12. The van der Waals surface area contributed by atoms with Crippen LogP contribution in [-0.2, 0) is 0 Å². The van der Waals surface area contributed by atoms with Gasteiger partial charge in [-0.3, -0.25) is 9.56 Å². The van der Waals surface area contributed by atoms with Gasteiger partial charge in [0.1, 0.15) is 0 Å². The highest BCUT2D eigenvalue weighted by atomic mass is 32.1. The Morgan fingerprint density at radius 1 is 1.67 bits per heavy atom. The van der Waals surface area contributed by atoms with Crippen molar-refractivity contribution in [2.75, 3.05) is 7.05 Å². The van der Waals surface area contributed by atoms with Gasteiger partial charge in [-0.25, -0.2) is 4.98 Å². The van der Waals surface area contributed by atoms with Crippen molar-refractivity contribution in [2.45, 2.75) is 11.9 Å². The molecule has 64 valence electrons. The quantitative estimate of drug-likeness (QED) is 0.545. The second-order valence-electron chi connectivity index (χ2n) is 2.32. The van der Waals surface area contributed by atoms with Crippen LogP contribution in [0.1, 0.15) is 11.5 Å². The first-order valence-corrected chi connectivity index (χ1v) is 3.98. The average Bonchev–Trinajstić information content (AvgIpc) is 2.29. The zero-order valence-corrected chi connectivity index (χ0v) is 8.05. The van der Waals surface area contributed by atoms with E-state index in [2.05, 4.69) is 29.2 Å². The van der Waals surface area contributed by atoms with Crippen molar-refractivity contribution in [2.24, 2.45) is 4.99 Å². The van der Waals surface area contributed by atoms with Gasteiger partial charge < -0.3 is 0 Å². The molecule has 1 aromatic heterocycles. The van der Waals surface area contributed by atoms with Crippen molar-refractivity contribution >= 4 is 25.0 Å². The summed E-state index contributed by atoms with van der Waals surface area (Å²) >= 11 is 4.27. The van der Waals surface area contributed by atoms with Gasteiger partial charge in [0, 0.05) is 13.2 Å². The van der Waals surface area contributed by atoms with E-state index in [9.17, 15) is 0 Å². The fourth-order valence-electron chi connectivity index (χ4n) is 0.945. The number of aromatic nitrogens is 2. The summed E-state index contributed by atoms with van der Waals surface area (Å²) < 4.78 is 1.78. The van der Waals surface area contributed by atoms with Crippen LogP contribution in [0.4, 0.5) is 0 Å². The highest BCUT2D eigenvalue weighted by molar-refractivity contribution is 7.80. The van der Waals surface area contributed by atoms with Gasteiger partial charge in [-0.2, -0.15) is 0 Å². The number of aliphatic imine (C=N–C) groups is 1. The number of hydrogen-bond acceptors (Lipinski definition) is 3. The standard InChI is InChI=1S/C8H11N3S/c1-4-11-7(5-9-3)10-6(2)8(11)12/h4-5,12H,1H2,2-3H3. The molecule has 0 aliphatic rings. The summed E-state index contributed by atoms with van der Waals surface area (Å²) in [7, 11) is 1.70. The Kier molecular flexibility index (Phi) is 2.70. The molecule has 1 aromatic rings. The third-order valence-corrected chi connectivity index (χ3v) is 2.05. The Morgan fingerprint density at radius 2 is 2.33 bits per heavy atom. The van der Waals surface area contributed by atoms with Gasteiger partial charge in [-0.1, -0.05) is 6.58 Å². The second-order valence-corrected chi connectivity index (χ2v) is 2.74. The lowest BCUT2D eigenvalue weighted by molar-refractivity contribution is 1.00. The summed E-state index contributed by atoms with van der Waals surface area (Å²) in [6.45, 7) is 5.56. The van der Waals surface area contributed by atoms with E-state index < -0.39 is 0 Å².